The second kappa shape index (κ2) is 11.8. The Morgan fingerprint density at radius 2 is 1.45 bits per heavy atom. The molecule has 3 aromatic carbocycles. The highest BCUT2D eigenvalue weighted by Gasteiger charge is 2.33. The van der Waals surface area contributed by atoms with E-state index in [4.69, 9.17) is 0 Å². The molecular weight excluding hydrogens is 498 g/mol. The number of hydrogen-bond donors (Lipinski definition) is 1. The van der Waals surface area contributed by atoms with Gasteiger partial charge < -0.3 is 10.2 Å². The molecule has 1 atom stereocenters. The molecule has 0 bridgehead atoms. The number of amides is 2. The van der Waals surface area contributed by atoms with Crippen molar-refractivity contribution in [1.29, 1.82) is 0 Å². The van der Waals surface area contributed by atoms with Gasteiger partial charge in [-0.3, -0.25) is 13.9 Å². The standard InChI is InChI=1S/C30H37N3O4S/c1-22-16-18-25(19-17-22)20-32(24(3)29(35)31-30(4,5)6)28(34)21-33(27-15-11-10-12-23(27)2)38(36,37)26-13-8-7-9-14-26/h7-19,24H,20-21H2,1-6H3,(H,31,35)/t24-/m0/s1. The van der Waals surface area contributed by atoms with E-state index < -0.39 is 34.1 Å². The molecule has 0 heterocycles. The molecule has 8 heteroatoms. The summed E-state index contributed by atoms with van der Waals surface area (Å²) in [6, 6.07) is 22.0. The summed E-state index contributed by atoms with van der Waals surface area (Å²) in [4.78, 5) is 28.6. The van der Waals surface area contributed by atoms with E-state index in [0.29, 0.717) is 11.3 Å². The van der Waals surface area contributed by atoms with Crippen molar-refractivity contribution in [2.45, 2.75) is 64.6 Å². The summed E-state index contributed by atoms with van der Waals surface area (Å²) in [6.07, 6.45) is 0. The van der Waals surface area contributed by atoms with Crippen molar-refractivity contribution in [3.63, 3.8) is 0 Å². The number of para-hydroxylation sites is 1. The third-order valence-electron chi connectivity index (χ3n) is 6.13. The average molecular weight is 536 g/mol. The number of anilines is 1. The lowest BCUT2D eigenvalue weighted by Gasteiger charge is -2.33. The number of carbonyl (C=O) groups is 2. The number of nitrogens with zero attached hydrogens (tertiary/aromatic N) is 2. The number of carbonyl (C=O) groups excluding carboxylic acids is 2. The van der Waals surface area contributed by atoms with Crippen LogP contribution in [0.15, 0.2) is 83.8 Å². The molecule has 0 saturated heterocycles. The second-order valence-electron chi connectivity index (χ2n) is 10.5. The Morgan fingerprint density at radius 1 is 0.868 bits per heavy atom. The number of sulfonamides is 1. The van der Waals surface area contributed by atoms with E-state index in [0.717, 1.165) is 15.4 Å². The Bertz CT molecular complexity index is 1360. The molecule has 2 amide bonds. The van der Waals surface area contributed by atoms with Crippen LogP contribution in [0, 0.1) is 13.8 Å². The Hall–Kier alpha value is -3.65. The number of hydrogen-bond acceptors (Lipinski definition) is 4. The van der Waals surface area contributed by atoms with Crippen molar-refractivity contribution >= 4 is 27.5 Å². The van der Waals surface area contributed by atoms with Gasteiger partial charge in [0.05, 0.1) is 10.6 Å². The fourth-order valence-electron chi connectivity index (χ4n) is 4.02. The number of benzene rings is 3. The van der Waals surface area contributed by atoms with Crippen LogP contribution in [0.1, 0.15) is 44.4 Å². The van der Waals surface area contributed by atoms with E-state index in [1.807, 2.05) is 58.0 Å². The van der Waals surface area contributed by atoms with Crippen molar-refractivity contribution in [1.82, 2.24) is 10.2 Å². The maximum Gasteiger partial charge on any atom is 0.264 e. The van der Waals surface area contributed by atoms with Crippen LogP contribution in [0.2, 0.25) is 0 Å². The van der Waals surface area contributed by atoms with Crippen molar-refractivity contribution in [2.75, 3.05) is 10.8 Å². The lowest BCUT2D eigenvalue weighted by Crippen LogP contribution is -2.54. The van der Waals surface area contributed by atoms with E-state index in [1.165, 1.54) is 17.0 Å². The van der Waals surface area contributed by atoms with Gasteiger partial charge in [0.2, 0.25) is 11.8 Å². The summed E-state index contributed by atoms with van der Waals surface area (Å²) in [7, 11) is -4.07. The fourth-order valence-corrected chi connectivity index (χ4v) is 5.52. The number of aryl methyl sites for hydroxylation is 2. The van der Waals surface area contributed by atoms with E-state index >= 15 is 0 Å². The number of rotatable bonds is 9. The van der Waals surface area contributed by atoms with Crippen LogP contribution >= 0.6 is 0 Å². The molecule has 0 spiro atoms. The summed E-state index contributed by atoms with van der Waals surface area (Å²) in [6.45, 7) is 10.8. The Balaban J connectivity index is 2.03. The van der Waals surface area contributed by atoms with E-state index in [2.05, 4.69) is 5.32 Å². The third kappa shape index (κ3) is 7.22. The normalized spacial score (nSPS) is 12.5. The first-order chi connectivity index (χ1) is 17.8. The quantitative estimate of drug-likeness (QED) is 0.425. The average Bonchev–Trinajstić information content (AvgIpc) is 2.86. The molecule has 3 rings (SSSR count). The van der Waals surface area contributed by atoms with Crippen LogP contribution in [0.5, 0.6) is 0 Å². The zero-order valence-corrected chi connectivity index (χ0v) is 23.7. The molecule has 0 aliphatic rings. The fraction of sp³-hybridized carbons (Fsp3) is 0.333. The first kappa shape index (κ1) is 28.9. The van der Waals surface area contributed by atoms with E-state index in [-0.39, 0.29) is 17.3 Å². The minimum atomic E-state index is -4.07. The van der Waals surface area contributed by atoms with Gasteiger partial charge >= 0.3 is 0 Å². The van der Waals surface area contributed by atoms with Crippen LogP contribution < -0.4 is 9.62 Å². The molecule has 0 aliphatic heterocycles. The maximum absolute atomic E-state index is 13.9. The molecule has 202 valence electrons. The molecular formula is C30H37N3O4S. The molecule has 0 unspecified atom stereocenters. The minimum absolute atomic E-state index is 0.0830. The van der Waals surface area contributed by atoms with Crippen LogP contribution in [-0.4, -0.2) is 43.3 Å². The summed E-state index contributed by atoms with van der Waals surface area (Å²) in [5.41, 5.74) is 2.54. The van der Waals surface area contributed by atoms with Gasteiger partial charge in [0.25, 0.3) is 10.0 Å². The van der Waals surface area contributed by atoms with E-state index in [1.54, 1.807) is 50.2 Å². The predicted molar refractivity (Wildman–Crippen MR) is 151 cm³/mol. The Labute approximate surface area is 226 Å². The van der Waals surface area contributed by atoms with Gasteiger partial charge in [0.15, 0.2) is 0 Å². The predicted octanol–water partition coefficient (Wildman–Crippen LogP) is 4.83. The first-order valence-electron chi connectivity index (χ1n) is 12.6. The monoisotopic (exact) mass is 535 g/mol. The van der Waals surface area contributed by atoms with Crippen LogP contribution in [-0.2, 0) is 26.2 Å². The van der Waals surface area contributed by atoms with Crippen LogP contribution in [0.3, 0.4) is 0 Å². The first-order valence-corrected chi connectivity index (χ1v) is 14.0. The minimum Gasteiger partial charge on any atom is -0.350 e. The van der Waals surface area contributed by atoms with Gasteiger partial charge in [-0.25, -0.2) is 8.42 Å². The van der Waals surface area contributed by atoms with Gasteiger partial charge in [-0.05, 0) is 70.9 Å². The Kier molecular flexibility index (Phi) is 8.99. The largest absolute Gasteiger partial charge is 0.350 e. The van der Waals surface area contributed by atoms with Crippen molar-refractivity contribution in [3.05, 3.63) is 95.6 Å². The van der Waals surface area contributed by atoms with Crippen molar-refractivity contribution in [3.8, 4) is 0 Å². The SMILES string of the molecule is Cc1ccc(CN(C(=O)CN(c2ccccc2C)S(=O)(=O)c2ccccc2)[C@@H](C)C(=O)NC(C)(C)C)cc1. The second-order valence-corrected chi connectivity index (χ2v) is 12.4. The summed E-state index contributed by atoms with van der Waals surface area (Å²) in [5.74, 6) is -0.795. The maximum atomic E-state index is 13.9. The highest BCUT2D eigenvalue weighted by atomic mass is 32.2. The molecule has 0 saturated carbocycles. The van der Waals surface area contributed by atoms with Crippen molar-refractivity contribution < 1.29 is 18.0 Å². The molecule has 0 radical (unpaired) electrons. The molecule has 7 nitrogen and oxygen atoms in total. The molecule has 0 fully saturated rings. The molecule has 0 aromatic heterocycles. The summed E-state index contributed by atoms with van der Waals surface area (Å²) >= 11 is 0. The van der Waals surface area contributed by atoms with Gasteiger partial charge in [-0.2, -0.15) is 0 Å². The third-order valence-corrected chi connectivity index (χ3v) is 7.91. The van der Waals surface area contributed by atoms with Gasteiger partial charge in [-0.1, -0.05) is 66.2 Å². The van der Waals surface area contributed by atoms with Gasteiger partial charge in [-0.15, -0.1) is 0 Å². The zero-order valence-electron chi connectivity index (χ0n) is 22.9. The molecule has 3 aromatic rings. The van der Waals surface area contributed by atoms with Gasteiger partial charge in [0, 0.05) is 12.1 Å². The Morgan fingerprint density at radius 3 is 2.03 bits per heavy atom. The smallest absolute Gasteiger partial charge is 0.264 e. The topological polar surface area (TPSA) is 86.8 Å². The zero-order chi connectivity index (χ0) is 28.1. The van der Waals surface area contributed by atoms with Crippen LogP contribution in [0.25, 0.3) is 0 Å². The molecule has 38 heavy (non-hydrogen) atoms. The number of nitrogens with one attached hydrogen (secondary N) is 1. The molecule has 1 N–H and O–H groups in total. The van der Waals surface area contributed by atoms with E-state index in [9.17, 15) is 18.0 Å². The molecule has 0 aliphatic carbocycles. The summed E-state index contributed by atoms with van der Waals surface area (Å²) in [5, 5.41) is 2.93. The van der Waals surface area contributed by atoms with Gasteiger partial charge in [0.1, 0.15) is 12.6 Å². The van der Waals surface area contributed by atoms with Crippen molar-refractivity contribution in [2.24, 2.45) is 0 Å². The highest BCUT2D eigenvalue weighted by molar-refractivity contribution is 7.92. The lowest BCUT2D eigenvalue weighted by molar-refractivity contribution is -0.140. The highest BCUT2D eigenvalue weighted by Crippen LogP contribution is 2.27. The lowest BCUT2D eigenvalue weighted by atomic mass is 10.1. The summed E-state index contributed by atoms with van der Waals surface area (Å²) < 4.78 is 28.7. The van der Waals surface area contributed by atoms with Crippen LogP contribution in [0.4, 0.5) is 5.69 Å².